The minimum atomic E-state index is -4.65. The number of allylic oxidation sites excluding steroid dienone is 4. The third kappa shape index (κ3) is 2.51. The molecule has 16 heteroatoms. The van der Waals surface area contributed by atoms with Crippen LogP contribution in [-0.4, -0.2) is 41.1 Å². The molecule has 4 bridgehead atoms. The lowest BCUT2D eigenvalue weighted by molar-refractivity contribution is 0.201. The second-order valence-electron chi connectivity index (χ2n) is 9.52. The molecule has 2 fully saturated rings. The van der Waals surface area contributed by atoms with Gasteiger partial charge in [-0.05, 0) is 23.3 Å². The zero-order chi connectivity index (χ0) is 27.0. The lowest BCUT2D eigenvalue weighted by Gasteiger charge is -2.52. The summed E-state index contributed by atoms with van der Waals surface area (Å²) < 4.78 is 29.9. The zero-order valence-corrected chi connectivity index (χ0v) is 26.6. The zero-order valence-electron chi connectivity index (χ0n) is 16.7. The first kappa shape index (κ1) is 28.2. The van der Waals surface area contributed by atoms with Crippen LogP contribution in [-0.2, 0) is 10.1 Å². The minimum absolute atomic E-state index is 0.0783. The van der Waals surface area contributed by atoms with E-state index < -0.39 is 66.8 Å². The van der Waals surface area contributed by atoms with E-state index in [2.05, 4.69) is 0 Å². The molecule has 0 amide bonds. The van der Waals surface area contributed by atoms with Gasteiger partial charge in [0.15, 0.2) is 8.67 Å². The third-order valence-corrected chi connectivity index (χ3v) is 17.8. The molecule has 0 heterocycles. The highest BCUT2D eigenvalue weighted by atomic mass is 35.5. The summed E-state index contributed by atoms with van der Waals surface area (Å²) in [5, 5.41) is -0.404. The number of benzene rings is 1. The van der Waals surface area contributed by atoms with Crippen molar-refractivity contribution in [3.63, 3.8) is 0 Å². The molecule has 8 unspecified atom stereocenters. The smallest absolute Gasteiger partial charge is 0.282 e. The minimum Gasteiger partial charge on any atom is -0.282 e. The molecule has 0 saturated heterocycles. The highest BCUT2D eigenvalue weighted by Gasteiger charge is 2.91. The molecule has 196 valence electrons. The van der Waals surface area contributed by atoms with E-state index in [1.165, 1.54) is 18.2 Å². The van der Waals surface area contributed by atoms with Gasteiger partial charge in [0.2, 0.25) is 0 Å². The molecule has 1 N–H and O–H groups in total. The standard InChI is InChI=1S/C20H8Cl12O3S/c21-11-13(23)17(27)9-7(15(11,25)19(17,29)30)5-2-1-4(36(33,34)35)3-6(5)8-10(9)18(28)14(24)12(22)16(8,26)20(18,31)32/h1-3,7-10H,(H,33,34,35). The Kier molecular flexibility index (Phi) is 5.90. The van der Waals surface area contributed by atoms with Gasteiger partial charge in [0.05, 0.1) is 25.0 Å². The van der Waals surface area contributed by atoms with E-state index >= 15 is 0 Å². The Morgan fingerprint density at radius 3 is 1.36 bits per heavy atom. The van der Waals surface area contributed by atoms with Crippen LogP contribution in [0.5, 0.6) is 0 Å². The van der Waals surface area contributed by atoms with Crippen molar-refractivity contribution in [3.8, 4) is 0 Å². The molecule has 0 aliphatic heterocycles. The van der Waals surface area contributed by atoms with Gasteiger partial charge in [-0.15, -0.1) is 46.4 Å². The maximum atomic E-state index is 12.1. The van der Waals surface area contributed by atoms with Gasteiger partial charge in [-0.2, -0.15) is 8.42 Å². The van der Waals surface area contributed by atoms with Gasteiger partial charge >= 0.3 is 0 Å². The third-order valence-electron chi connectivity index (χ3n) is 8.40. The van der Waals surface area contributed by atoms with Crippen LogP contribution in [0.3, 0.4) is 0 Å². The van der Waals surface area contributed by atoms with Crippen molar-refractivity contribution in [3.05, 3.63) is 49.5 Å². The first-order valence-electron chi connectivity index (χ1n) is 9.96. The van der Waals surface area contributed by atoms with Crippen molar-refractivity contribution in [1.29, 1.82) is 0 Å². The second kappa shape index (κ2) is 7.53. The van der Waals surface area contributed by atoms with Gasteiger partial charge in [0, 0.05) is 23.7 Å². The summed E-state index contributed by atoms with van der Waals surface area (Å²) in [4.78, 5) is -7.73. The van der Waals surface area contributed by atoms with E-state index in [9.17, 15) is 13.0 Å². The van der Waals surface area contributed by atoms with Gasteiger partial charge in [0.25, 0.3) is 10.1 Å². The van der Waals surface area contributed by atoms with Crippen molar-refractivity contribution < 1.29 is 13.0 Å². The van der Waals surface area contributed by atoms with Crippen LogP contribution in [0, 0.1) is 11.8 Å². The Balaban J connectivity index is 1.80. The number of halogens is 12. The van der Waals surface area contributed by atoms with Crippen LogP contribution in [0.2, 0.25) is 0 Å². The fourth-order valence-corrected chi connectivity index (χ4v) is 13.6. The Morgan fingerprint density at radius 2 is 0.972 bits per heavy atom. The Hall–Kier alpha value is 2.09. The van der Waals surface area contributed by atoms with Crippen LogP contribution in [0.25, 0.3) is 0 Å². The number of fused-ring (bicyclic) bond motifs is 14. The second-order valence-corrected chi connectivity index (χ2v) is 17.5. The van der Waals surface area contributed by atoms with E-state index in [0.717, 1.165) is 0 Å². The predicted octanol–water partition coefficient (Wildman–Crippen LogP) is 9.04. The van der Waals surface area contributed by atoms with Gasteiger partial charge in [-0.25, -0.2) is 0 Å². The van der Waals surface area contributed by atoms with Gasteiger partial charge in [-0.3, -0.25) is 4.55 Å². The average Bonchev–Trinajstić information content (AvgIpc) is 3.12. The van der Waals surface area contributed by atoms with E-state index in [4.69, 9.17) is 139 Å². The largest absolute Gasteiger partial charge is 0.294 e. The average molecular weight is 754 g/mol. The molecule has 6 rings (SSSR count). The first-order chi connectivity index (χ1) is 16.2. The lowest BCUT2D eigenvalue weighted by atomic mass is 9.57. The van der Waals surface area contributed by atoms with Crippen LogP contribution in [0.1, 0.15) is 23.0 Å². The normalized spacial score (nSPS) is 47.4. The highest BCUT2D eigenvalue weighted by molar-refractivity contribution is 7.85. The van der Waals surface area contributed by atoms with Crippen LogP contribution in [0.4, 0.5) is 0 Å². The van der Waals surface area contributed by atoms with Crippen molar-refractivity contribution >= 4 is 149 Å². The topological polar surface area (TPSA) is 54.4 Å². The van der Waals surface area contributed by atoms with Crippen molar-refractivity contribution in [2.45, 2.75) is 44.9 Å². The molecule has 0 aromatic heterocycles. The van der Waals surface area contributed by atoms with Crippen LogP contribution < -0.4 is 0 Å². The Morgan fingerprint density at radius 1 is 0.611 bits per heavy atom. The Labute approximate surface area is 265 Å². The van der Waals surface area contributed by atoms with Crippen LogP contribution >= 0.6 is 139 Å². The maximum absolute atomic E-state index is 12.1. The van der Waals surface area contributed by atoms with Gasteiger partial charge < -0.3 is 0 Å². The molecule has 0 spiro atoms. The summed E-state index contributed by atoms with van der Waals surface area (Å²) in [6.45, 7) is 0. The lowest BCUT2D eigenvalue weighted by Crippen LogP contribution is -2.53. The van der Waals surface area contributed by atoms with Gasteiger partial charge in [0.1, 0.15) is 19.5 Å². The van der Waals surface area contributed by atoms with Gasteiger partial charge in [-0.1, -0.05) is 98.9 Å². The first-order valence-corrected chi connectivity index (χ1v) is 15.9. The van der Waals surface area contributed by atoms with E-state index in [-0.39, 0.29) is 25.7 Å². The van der Waals surface area contributed by atoms with Crippen molar-refractivity contribution in [2.24, 2.45) is 11.8 Å². The summed E-state index contributed by atoms with van der Waals surface area (Å²) in [5.74, 6) is -3.79. The molecule has 36 heavy (non-hydrogen) atoms. The summed E-state index contributed by atoms with van der Waals surface area (Å²) in [6, 6.07) is 3.85. The summed E-state index contributed by atoms with van der Waals surface area (Å²) in [7, 11) is -4.65. The SMILES string of the molecule is O=S(=O)(O)c1ccc2c(c1)C1C(C3C2C2(Cl)C(Cl)=C(Cl)C3(Cl)C2(Cl)Cl)C2(Cl)C(Cl)=C(Cl)C1(Cl)C2(Cl)Cl. The number of hydrogen-bond acceptors (Lipinski definition) is 2. The van der Waals surface area contributed by atoms with E-state index in [1.54, 1.807) is 0 Å². The quantitative estimate of drug-likeness (QED) is 0.230. The fourth-order valence-electron chi connectivity index (χ4n) is 7.04. The molecule has 5 aliphatic carbocycles. The monoisotopic (exact) mass is 748 g/mol. The molecular weight excluding hydrogens is 746 g/mol. The molecule has 8 atom stereocenters. The molecule has 3 nitrogen and oxygen atoms in total. The number of hydrogen-bond donors (Lipinski definition) is 1. The molecule has 0 radical (unpaired) electrons. The molecule has 1 aromatic carbocycles. The van der Waals surface area contributed by atoms with Crippen molar-refractivity contribution in [1.82, 2.24) is 0 Å². The Bertz CT molecular complexity index is 1470. The maximum Gasteiger partial charge on any atom is 0.294 e. The fraction of sp³-hybridized carbons (Fsp3) is 0.500. The summed E-state index contributed by atoms with van der Waals surface area (Å²) >= 11 is 82.8. The summed E-state index contributed by atoms with van der Waals surface area (Å²) in [5.41, 5.74) is 0.705. The predicted molar refractivity (Wildman–Crippen MR) is 149 cm³/mol. The van der Waals surface area contributed by atoms with Crippen LogP contribution in [0.15, 0.2) is 43.2 Å². The van der Waals surface area contributed by atoms with E-state index in [1.807, 2.05) is 0 Å². The molecular formula is C20H8Cl12O3S. The molecule has 1 aromatic rings. The molecule has 5 aliphatic rings. The number of rotatable bonds is 1. The molecule has 2 saturated carbocycles. The van der Waals surface area contributed by atoms with E-state index in [0.29, 0.717) is 5.56 Å². The number of alkyl halides is 8. The summed E-state index contributed by atoms with van der Waals surface area (Å²) in [6.07, 6.45) is 0. The highest BCUT2D eigenvalue weighted by Crippen LogP contribution is 2.88. The van der Waals surface area contributed by atoms with Crippen molar-refractivity contribution in [2.75, 3.05) is 0 Å².